The number of carbonyl (C=O) groups excluding carboxylic acids is 1. The lowest BCUT2D eigenvalue weighted by Crippen LogP contribution is -2.44. The van der Waals surface area contributed by atoms with E-state index >= 15 is 0 Å². The third-order valence-electron chi connectivity index (χ3n) is 5.95. The minimum absolute atomic E-state index is 0.101. The first-order valence-corrected chi connectivity index (χ1v) is 13.6. The lowest BCUT2D eigenvalue weighted by atomic mass is 9.81. The van der Waals surface area contributed by atoms with Crippen molar-refractivity contribution in [1.29, 1.82) is 0 Å². The van der Waals surface area contributed by atoms with Gasteiger partial charge in [-0.25, -0.2) is 17.6 Å². The molecule has 11 heteroatoms. The lowest BCUT2D eigenvalue weighted by molar-refractivity contribution is 0.0914. The van der Waals surface area contributed by atoms with Gasteiger partial charge in [0.05, 0.1) is 34.8 Å². The number of nitrogens with one attached hydrogen (secondary N) is 3. The minimum atomic E-state index is -3.53. The first kappa shape index (κ1) is 25.2. The van der Waals surface area contributed by atoms with Crippen LogP contribution in [0, 0.1) is 23.2 Å². The molecule has 0 fully saturated rings. The van der Waals surface area contributed by atoms with E-state index in [1.54, 1.807) is 38.1 Å². The van der Waals surface area contributed by atoms with E-state index in [-0.39, 0.29) is 28.3 Å². The van der Waals surface area contributed by atoms with Crippen molar-refractivity contribution in [3.05, 3.63) is 84.2 Å². The van der Waals surface area contributed by atoms with Gasteiger partial charge in [-0.15, -0.1) is 0 Å². The molecular weight excluding hydrogens is 588 g/mol. The number of fused-ring (bicyclic) bond motifs is 1. The average Bonchev–Trinajstić information content (AvgIpc) is 2.74. The van der Waals surface area contributed by atoms with E-state index in [4.69, 9.17) is 4.42 Å². The maximum atomic E-state index is 14.6. The summed E-state index contributed by atoms with van der Waals surface area (Å²) in [7, 11) is -3.53. The van der Waals surface area contributed by atoms with Crippen molar-refractivity contribution in [2.75, 3.05) is 16.3 Å². The molecule has 3 N–H and O–H groups in total. The zero-order valence-electron chi connectivity index (χ0n) is 19.3. The van der Waals surface area contributed by atoms with Gasteiger partial charge < -0.3 is 15.1 Å². The molecular formula is C24H23FIN3O5S. The fourth-order valence-corrected chi connectivity index (χ4v) is 5.34. The number of rotatable bonds is 5. The van der Waals surface area contributed by atoms with Crippen LogP contribution in [0.2, 0.25) is 0 Å². The van der Waals surface area contributed by atoms with E-state index in [2.05, 4.69) is 15.4 Å². The minimum Gasteiger partial charge on any atom is -0.426 e. The fraction of sp³-hybridized carbons (Fsp3) is 0.250. The van der Waals surface area contributed by atoms with Crippen LogP contribution < -0.4 is 21.0 Å². The number of hydrogen-bond acceptors (Lipinski definition) is 6. The summed E-state index contributed by atoms with van der Waals surface area (Å²) in [5, 5.41) is 5.82. The Morgan fingerprint density at radius 2 is 1.80 bits per heavy atom. The first-order chi connectivity index (χ1) is 16.4. The van der Waals surface area contributed by atoms with Crippen molar-refractivity contribution in [3.8, 4) is 0 Å². The van der Waals surface area contributed by atoms with Crippen molar-refractivity contribution in [2.24, 2.45) is 0 Å². The molecule has 1 aliphatic rings. The third-order valence-corrected chi connectivity index (χ3v) is 7.21. The van der Waals surface area contributed by atoms with Gasteiger partial charge in [0.25, 0.3) is 5.91 Å². The second-order valence-corrected chi connectivity index (χ2v) is 11.5. The Kier molecular flexibility index (Phi) is 6.66. The molecule has 1 aromatic heterocycles. The van der Waals surface area contributed by atoms with Gasteiger partial charge in [0.1, 0.15) is 17.1 Å². The first-order valence-electron chi connectivity index (χ1n) is 10.6. The molecule has 184 valence electrons. The van der Waals surface area contributed by atoms with Gasteiger partial charge in [0, 0.05) is 9.61 Å². The van der Waals surface area contributed by atoms with Crippen molar-refractivity contribution in [3.63, 3.8) is 0 Å². The number of carbonyl (C=O) groups is 1. The molecule has 0 spiro atoms. The quantitative estimate of drug-likeness (QED) is 0.369. The molecule has 1 amide bonds. The molecule has 0 saturated heterocycles. The van der Waals surface area contributed by atoms with E-state index in [1.165, 1.54) is 19.1 Å². The normalized spacial score (nSPS) is 17.5. The van der Waals surface area contributed by atoms with Crippen molar-refractivity contribution < 1.29 is 22.0 Å². The van der Waals surface area contributed by atoms with Crippen molar-refractivity contribution in [1.82, 2.24) is 5.32 Å². The SMILES string of the molecule is Cc1c(NS(C)(=O)=O)cccc1C1c2oc(=O)c(C)c(Nc3ccc(I)cc3F)c2C(=O)NC1C. The summed E-state index contributed by atoms with van der Waals surface area (Å²) in [6, 6.07) is 9.20. The van der Waals surface area contributed by atoms with Crippen LogP contribution >= 0.6 is 22.6 Å². The summed E-state index contributed by atoms with van der Waals surface area (Å²) >= 11 is 1.99. The highest BCUT2D eigenvalue weighted by molar-refractivity contribution is 14.1. The molecule has 35 heavy (non-hydrogen) atoms. The Morgan fingerprint density at radius 3 is 2.46 bits per heavy atom. The maximum Gasteiger partial charge on any atom is 0.340 e. The largest absolute Gasteiger partial charge is 0.426 e. The predicted octanol–water partition coefficient (Wildman–Crippen LogP) is 4.38. The zero-order valence-corrected chi connectivity index (χ0v) is 22.3. The molecule has 2 atom stereocenters. The number of benzene rings is 2. The summed E-state index contributed by atoms with van der Waals surface area (Å²) in [6.45, 7) is 5.02. The number of halogens is 2. The van der Waals surface area contributed by atoms with Crippen LogP contribution in [0.3, 0.4) is 0 Å². The van der Waals surface area contributed by atoms with Gasteiger partial charge in [-0.3, -0.25) is 9.52 Å². The topological polar surface area (TPSA) is 118 Å². The Morgan fingerprint density at radius 1 is 1.09 bits per heavy atom. The average molecular weight is 611 g/mol. The molecule has 3 aromatic rings. The second kappa shape index (κ2) is 9.26. The standard InChI is InChI=1S/C24H23FIN3O5S/c1-11-15(6-5-7-17(11)29-35(4,32)33)19-13(3)27-23(30)20-21(12(2)24(31)34-22(19)20)28-18-9-8-14(26)10-16(18)25/h5-10,13,19,28-29H,1-4H3,(H,27,30). The van der Waals surface area contributed by atoms with E-state index < -0.39 is 39.3 Å². The van der Waals surface area contributed by atoms with Crippen LogP contribution in [-0.2, 0) is 10.0 Å². The number of amides is 1. The van der Waals surface area contributed by atoms with Crippen LogP contribution in [0.15, 0.2) is 45.6 Å². The van der Waals surface area contributed by atoms with E-state index in [9.17, 15) is 22.4 Å². The van der Waals surface area contributed by atoms with Crippen LogP contribution in [-0.4, -0.2) is 26.6 Å². The number of hydrogen-bond donors (Lipinski definition) is 3. The van der Waals surface area contributed by atoms with Gasteiger partial charge >= 0.3 is 5.63 Å². The lowest BCUT2D eigenvalue weighted by Gasteiger charge is -2.33. The van der Waals surface area contributed by atoms with Gasteiger partial charge in [-0.2, -0.15) is 0 Å². The number of sulfonamides is 1. The molecule has 2 unspecified atom stereocenters. The maximum absolute atomic E-state index is 14.6. The Bertz CT molecular complexity index is 1520. The highest BCUT2D eigenvalue weighted by atomic mass is 127. The van der Waals surface area contributed by atoms with Gasteiger partial charge in [0.15, 0.2) is 0 Å². The van der Waals surface area contributed by atoms with Gasteiger partial charge in [0.2, 0.25) is 10.0 Å². The monoisotopic (exact) mass is 611 g/mol. The molecule has 0 saturated carbocycles. The zero-order chi connectivity index (χ0) is 25.7. The molecule has 2 heterocycles. The Labute approximate surface area is 215 Å². The summed E-state index contributed by atoms with van der Waals surface area (Å²) in [5.74, 6) is -1.47. The summed E-state index contributed by atoms with van der Waals surface area (Å²) in [5.41, 5.74) is 1.52. The predicted molar refractivity (Wildman–Crippen MR) is 141 cm³/mol. The van der Waals surface area contributed by atoms with Crippen molar-refractivity contribution >= 4 is 55.6 Å². The third kappa shape index (κ3) is 4.92. The molecule has 2 aromatic carbocycles. The van der Waals surface area contributed by atoms with Gasteiger partial charge in [-0.1, -0.05) is 12.1 Å². The molecule has 4 rings (SSSR count). The van der Waals surface area contributed by atoms with Crippen LogP contribution in [0.5, 0.6) is 0 Å². The van der Waals surface area contributed by atoms with Crippen LogP contribution in [0.1, 0.15) is 45.7 Å². The van der Waals surface area contributed by atoms with Crippen LogP contribution in [0.25, 0.3) is 0 Å². The smallest absolute Gasteiger partial charge is 0.340 e. The summed E-state index contributed by atoms with van der Waals surface area (Å²) in [4.78, 5) is 26.0. The van der Waals surface area contributed by atoms with Crippen molar-refractivity contribution in [2.45, 2.75) is 32.7 Å². The fourth-order valence-electron chi connectivity index (χ4n) is 4.27. The van der Waals surface area contributed by atoms with E-state index in [1.807, 2.05) is 22.6 Å². The summed E-state index contributed by atoms with van der Waals surface area (Å²) < 4.78 is 47.1. The van der Waals surface area contributed by atoms with E-state index in [0.29, 0.717) is 20.4 Å². The number of anilines is 3. The van der Waals surface area contributed by atoms with Crippen LogP contribution in [0.4, 0.5) is 21.5 Å². The van der Waals surface area contributed by atoms with Gasteiger partial charge in [-0.05, 0) is 78.8 Å². The highest BCUT2D eigenvalue weighted by Gasteiger charge is 2.39. The molecule has 8 nitrogen and oxygen atoms in total. The molecule has 0 radical (unpaired) electrons. The molecule has 0 bridgehead atoms. The Balaban J connectivity index is 1.92. The molecule has 0 aliphatic carbocycles. The Hall–Kier alpha value is -2.93. The van der Waals surface area contributed by atoms with E-state index in [0.717, 1.165) is 6.26 Å². The highest BCUT2D eigenvalue weighted by Crippen LogP contribution is 2.40. The summed E-state index contributed by atoms with van der Waals surface area (Å²) in [6.07, 6.45) is 1.06. The molecule has 1 aliphatic heterocycles. The second-order valence-electron chi connectivity index (χ2n) is 8.51.